The molecule has 2 aromatic carbocycles. The van der Waals surface area contributed by atoms with Gasteiger partial charge >= 0.3 is 17.6 Å². The van der Waals surface area contributed by atoms with Crippen LogP contribution >= 0.6 is 0 Å². The maximum atomic E-state index is 6.79. The first-order chi connectivity index (χ1) is 29.3. The molecule has 2 saturated heterocycles. The SMILES string of the molecule is CCOCC(COc1c(CC2CO2)ccc2c(OCC3CO3)c(CC(COCC)OCCC[Si](OCC)(OCC)OCC)ccc12)OCCC[Si](OCC)(OCC)OCC. The van der Waals surface area contributed by atoms with Gasteiger partial charge < -0.3 is 64.5 Å². The Kier molecular flexibility index (Phi) is 23.9. The molecule has 2 aliphatic heterocycles. The summed E-state index contributed by atoms with van der Waals surface area (Å²) in [5, 5.41) is 1.93. The average molecular weight is 885 g/mol. The molecule has 60 heavy (non-hydrogen) atoms. The zero-order valence-electron chi connectivity index (χ0n) is 37.9. The van der Waals surface area contributed by atoms with Gasteiger partial charge in [0, 0.05) is 102 Å². The van der Waals surface area contributed by atoms with Gasteiger partial charge in [-0.3, -0.25) is 0 Å². The maximum Gasteiger partial charge on any atom is 0.501 e. The predicted octanol–water partition coefficient (Wildman–Crippen LogP) is 7.20. The van der Waals surface area contributed by atoms with Crippen LogP contribution in [0.1, 0.15) is 79.4 Å². The molecule has 4 atom stereocenters. The van der Waals surface area contributed by atoms with Crippen molar-refractivity contribution >= 4 is 28.4 Å². The molecule has 0 amide bonds. The van der Waals surface area contributed by atoms with Crippen molar-refractivity contribution in [3.63, 3.8) is 0 Å². The topological polar surface area (TPSA) is 136 Å². The normalized spacial score (nSPS) is 17.6. The minimum atomic E-state index is -2.78. The quantitative estimate of drug-likeness (QED) is 0.0382. The monoisotopic (exact) mass is 884 g/mol. The van der Waals surface area contributed by atoms with Crippen LogP contribution in [-0.2, 0) is 67.8 Å². The fourth-order valence-electron chi connectivity index (χ4n) is 7.19. The molecule has 2 fully saturated rings. The van der Waals surface area contributed by atoms with E-state index in [1.165, 1.54) is 0 Å². The van der Waals surface area contributed by atoms with Crippen LogP contribution < -0.4 is 9.47 Å². The van der Waals surface area contributed by atoms with Crippen molar-refractivity contribution in [1.82, 2.24) is 0 Å². The van der Waals surface area contributed by atoms with E-state index in [0.29, 0.717) is 118 Å². The number of epoxide rings is 2. The van der Waals surface area contributed by atoms with Gasteiger partial charge in [0.25, 0.3) is 0 Å². The van der Waals surface area contributed by atoms with Crippen LogP contribution in [-0.4, -0.2) is 148 Å². The Morgan fingerprint density at radius 3 is 1.45 bits per heavy atom. The first-order valence-corrected chi connectivity index (χ1v) is 26.5. The zero-order chi connectivity index (χ0) is 43.1. The molecular weight excluding hydrogens is 809 g/mol. The third-order valence-corrected chi connectivity index (χ3v) is 16.3. The lowest BCUT2D eigenvalue weighted by atomic mass is 9.97. The molecule has 0 bridgehead atoms. The Hall–Kier alpha value is -1.75. The van der Waals surface area contributed by atoms with E-state index < -0.39 is 17.6 Å². The highest BCUT2D eigenvalue weighted by molar-refractivity contribution is 6.61. The number of hydrogen-bond donors (Lipinski definition) is 0. The van der Waals surface area contributed by atoms with Crippen molar-refractivity contribution < 1.29 is 64.5 Å². The van der Waals surface area contributed by atoms with E-state index in [0.717, 1.165) is 59.3 Å². The molecule has 2 aromatic rings. The van der Waals surface area contributed by atoms with Gasteiger partial charge in [-0.25, -0.2) is 0 Å². The van der Waals surface area contributed by atoms with Gasteiger partial charge in [-0.2, -0.15) is 0 Å². The van der Waals surface area contributed by atoms with E-state index in [4.69, 9.17) is 64.5 Å². The lowest BCUT2D eigenvalue weighted by Gasteiger charge is -2.28. The van der Waals surface area contributed by atoms with Crippen molar-refractivity contribution in [3.8, 4) is 11.5 Å². The third kappa shape index (κ3) is 17.1. The molecule has 14 nitrogen and oxygen atoms in total. The summed E-state index contributed by atoms with van der Waals surface area (Å²) in [6.07, 6.45) is 2.57. The van der Waals surface area contributed by atoms with E-state index >= 15 is 0 Å². The summed E-state index contributed by atoms with van der Waals surface area (Å²) in [6, 6.07) is 9.91. The highest BCUT2D eigenvalue weighted by atomic mass is 28.4. The third-order valence-electron chi connectivity index (χ3n) is 9.96. The molecule has 0 aromatic heterocycles. The predicted molar refractivity (Wildman–Crippen MR) is 234 cm³/mol. The van der Waals surface area contributed by atoms with Crippen LogP contribution in [0.3, 0.4) is 0 Å². The molecule has 0 aliphatic carbocycles. The maximum absolute atomic E-state index is 6.79. The summed E-state index contributed by atoms with van der Waals surface area (Å²) >= 11 is 0. The van der Waals surface area contributed by atoms with E-state index in [1.807, 2.05) is 55.4 Å². The number of rotatable bonds is 38. The van der Waals surface area contributed by atoms with Gasteiger partial charge in [-0.05, 0) is 79.4 Å². The Morgan fingerprint density at radius 1 is 0.533 bits per heavy atom. The Labute approximate surface area is 362 Å². The van der Waals surface area contributed by atoms with Crippen molar-refractivity contribution in [3.05, 3.63) is 35.4 Å². The standard InChI is InChI=1S/C44H76O14Si2/c1-9-45-29-37(47-23-17-25-59(53-11-3,54-12-4)55-13-5)27-35-19-21-42-41(43(35)52-34-40-32-50-40)22-20-36(28-38-31-49-38)44(42)51-33-39(30-46-10-2)48-24-18-26-60(56-14-6,57-15-7)58-16-8/h19-22,37-40H,9-18,23-34H2,1-8H3. The van der Waals surface area contributed by atoms with E-state index in [1.54, 1.807) is 0 Å². The fourth-order valence-corrected chi connectivity index (χ4v) is 12.3. The first-order valence-electron chi connectivity index (χ1n) is 22.6. The molecule has 4 rings (SSSR count). The second-order valence-corrected chi connectivity index (χ2v) is 20.1. The molecule has 0 saturated carbocycles. The van der Waals surface area contributed by atoms with Crippen molar-refractivity contribution in [2.45, 2.75) is 118 Å². The molecule has 16 heteroatoms. The van der Waals surface area contributed by atoms with Gasteiger partial charge in [0.2, 0.25) is 0 Å². The molecule has 344 valence electrons. The molecule has 0 N–H and O–H groups in total. The highest BCUT2D eigenvalue weighted by Crippen LogP contribution is 2.40. The van der Waals surface area contributed by atoms with Gasteiger partial charge in [-0.1, -0.05) is 24.3 Å². The Balaban J connectivity index is 1.55. The van der Waals surface area contributed by atoms with Gasteiger partial charge in [-0.15, -0.1) is 0 Å². The molecule has 0 spiro atoms. The zero-order valence-corrected chi connectivity index (χ0v) is 39.9. The van der Waals surface area contributed by atoms with Gasteiger partial charge in [0.05, 0.1) is 38.6 Å². The van der Waals surface area contributed by atoms with E-state index in [2.05, 4.69) is 24.3 Å². The van der Waals surface area contributed by atoms with E-state index in [-0.39, 0.29) is 24.4 Å². The van der Waals surface area contributed by atoms with Crippen LogP contribution in [0.4, 0.5) is 0 Å². The molecular formula is C44H76O14Si2. The minimum Gasteiger partial charge on any atom is -0.490 e. The second-order valence-electron chi connectivity index (χ2n) is 14.6. The number of ether oxygens (including phenoxy) is 8. The van der Waals surface area contributed by atoms with Crippen molar-refractivity contribution in [2.75, 3.05) is 106 Å². The van der Waals surface area contributed by atoms with Crippen LogP contribution in [0.15, 0.2) is 24.3 Å². The van der Waals surface area contributed by atoms with E-state index in [9.17, 15) is 0 Å². The number of hydrogen-bond acceptors (Lipinski definition) is 14. The summed E-state index contributed by atoms with van der Waals surface area (Å²) in [7, 11) is -5.55. The lowest BCUT2D eigenvalue weighted by molar-refractivity contribution is -0.0357. The molecule has 2 heterocycles. The minimum absolute atomic E-state index is 0.0796. The molecule has 4 unspecified atom stereocenters. The van der Waals surface area contributed by atoms with Crippen molar-refractivity contribution in [1.29, 1.82) is 0 Å². The Morgan fingerprint density at radius 2 is 0.983 bits per heavy atom. The summed E-state index contributed by atoms with van der Waals surface area (Å²) in [6.45, 7) is 24.3. The largest absolute Gasteiger partial charge is 0.501 e. The lowest BCUT2D eigenvalue weighted by Crippen LogP contribution is -2.46. The second kappa shape index (κ2) is 28.1. The first kappa shape index (κ1) is 50.9. The van der Waals surface area contributed by atoms with Crippen LogP contribution in [0.2, 0.25) is 12.1 Å². The summed E-state index contributed by atoms with van der Waals surface area (Å²) < 4.78 is 85.8. The van der Waals surface area contributed by atoms with Gasteiger partial charge in [0.1, 0.15) is 36.9 Å². The number of benzene rings is 2. The highest BCUT2D eigenvalue weighted by Gasteiger charge is 2.41. The van der Waals surface area contributed by atoms with Gasteiger partial charge in [0.15, 0.2) is 0 Å². The number of fused-ring (bicyclic) bond motifs is 1. The average Bonchev–Trinajstić information content (AvgIpc) is 4.19. The molecule has 2 aliphatic rings. The summed E-state index contributed by atoms with van der Waals surface area (Å²) in [5.41, 5.74) is 2.11. The van der Waals surface area contributed by atoms with Crippen LogP contribution in [0.25, 0.3) is 10.8 Å². The molecule has 0 radical (unpaired) electrons. The van der Waals surface area contributed by atoms with Crippen LogP contribution in [0, 0.1) is 0 Å². The smallest absolute Gasteiger partial charge is 0.490 e. The summed E-state index contributed by atoms with van der Waals surface area (Å²) in [4.78, 5) is 0. The summed E-state index contributed by atoms with van der Waals surface area (Å²) in [5.74, 6) is 1.60. The Bertz CT molecular complexity index is 1430. The van der Waals surface area contributed by atoms with Crippen LogP contribution in [0.5, 0.6) is 11.5 Å². The van der Waals surface area contributed by atoms with Crippen molar-refractivity contribution in [2.24, 2.45) is 0 Å². The fraction of sp³-hybridized carbons (Fsp3) is 0.773.